The lowest BCUT2D eigenvalue weighted by Gasteiger charge is -2.73. The molecule has 0 saturated heterocycles. The number of benzene rings is 2. The largest absolute Gasteiger partial charge is 0.416 e. The number of Topliss-reactive ketones (excluding diaryl/α,β-unsaturated/α-hetero) is 1. The van der Waals surface area contributed by atoms with Crippen LogP contribution >= 0.6 is 0 Å². The maximum absolute atomic E-state index is 13.8. The summed E-state index contributed by atoms with van der Waals surface area (Å²) < 4.78 is 81.8. The van der Waals surface area contributed by atoms with Crippen molar-refractivity contribution in [2.45, 2.75) is 80.6 Å². The van der Waals surface area contributed by atoms with Crippen molar-refractivity contribution in [3.63, 3.8) is 0 Å². The minimum atomic E-state index is -4.50. The second kappa shape index (κ2) is 9.11. The normalized spacial score (nSPS) is 29.4. The number of nitrogens with zero attached hydrogens (tertiary/aromatic N) is 2. The number of rotatable bonds is 10. The number of amidine groups is 1. The van der Waals surface area contributed by atoms with Gasteiger partial charge in [-0.15, -0.1) is 0 Å². The smallest absolute Gasteiger partial charge is 0.360 e. The zero-order chi connectivity index (χ0) is 28.6. The van der Waals surface area contributed by atoms with Crippen LogP contribution in [-0.2, 0) is 27.5 Å². The van der Waals surface area contributed by atoms with Gasteiger partial charge in [0.25, 0.3) is 0 Å². The minimum absolute atomic E-state index is 0.0789. The van der Waals surface area contributed by atoms with E-state index in [1.54, 1.807) is 0 Å². The Hall–Kier alpha value is -2.79. The number of halogens is 4. The monoisotopic (exact) mass is 577 g/mol. The van der Waals surface area contributed by atoms with E-state index >= 15 is 0 Å². The molecule has 11 heteroatoms. The summed E-state index contributed by atoms with van der Waals surface area (Å²) in [6, 6.07) is 9.02. The summed E-state index contributed by atoms with van der Waals surface area (Å²) in [4.78, 5) is 17.6. The molecular formula is C29H31F4N3O3S. The second-order valence-corrected chi connectivity index (χ2v) is 14.1. The van der Waals surface area contributed by atoms with E-state index in [-0.39, 0.29) is 22.6 Å². The van der Waals surface area contributed by atoms with Gasteiger partial charge in [0.2, 0.25) is 10.0 Å². The van der Waals surface area contributed by atoms with Crippen molar-refractivity contribution in [1.82, 2.24) is 9.62 Å². The quantitative estimate of drug-likeness (QED) is 0.380. The van der Waals surface area contributed by atoms with Gasteiger partial charge in [0.1, 0.15) is 17.2 Å². The Morgan fingerprint density at radius 1 is 1.05 bits per heavy atom. The fourth-order valence-electron chi connectivity index (χ4n) is 6.51. The summed E-state index contributed by atoms with van der Waals surface area (Å²) in [6.45, 7) is 2.10. The van der Waals surface area contributed by atoms with Crippen molar-refractivity contribution in [2.24, 2.45) is 16.3 Å². The highest BCUT2D eigenvalue weighted by atomic mass is 32.2. The molecule has 0 amide bonds. The Bertz CT molecular complexity index is 1450. The van der Waals surface area contributed by atoms with E-state index in [4.69, 9.17) is 4.99 Å². The predicted octanol–water partition coefficient (Wildman–Crippen LogP) is 5.48. The highest BCUT2D eigenvalue weighted by Gasteiger charge is 2.75. The number of aliphatic imine (C=N–C) groups is 1. The van der Waals surface area contributed by atoms with Gasteiger partial charge in [-0.25, -0.2) is 12.8 Å². The molecule has 4 fully saturated rings. The van der Waals surface area contributed by atoms with Crippen LogP contribution in [0.1, 0.15) is 63.0 Å². The summed E-state index contributed by atoms with van der Waals surface area (Å²) in [6.07, 6.45) is 0.756. The van der Waals surface area contributed by atoms with Crippen LogP contribution in [0.15, 0.2) is 58.4 Å². The molecule has 5 aliphatic rings. The number of carbonyl (C=O) groups excluding carboxylic acids is 1. The Kier molecular flexibility index (Phi) is 6.23. The molecule has 2 aromatic carbocycles. The third kappa shape index (κ3) is 4.64. The van der Waals surface area contributed by atoms with Gasteiger partial charge >= 0.3 is 6.18 Å². The lowest BCUT2D eigenvalue weighted by atomic mass is 9.38. The van der Waals surface area contributed by atoms with Crippen molar-refractivity contribution in [2.75, 3.05) is 6.54 Å². The van der Waals surface area contributed by atoms with Crippen LogP contribution in [0, 0.1) is 17.2 Å². The first-order valence-corrected chi connectivity index (χ1v) is 15.0. The van der Waals surface area contributed by atoms with E-state index < -0.39 is 38.7 Å². The number of hydrogen-bond acceptors (Lipinski definition) is 5. The molecule has 6 nitrogen and oxygen atoms in total. The Labute approximate surface area is 230 Å². The van der Waals surface area contributed by atoms with E-state index in [0.717, 1.165) is 36.5 Å². The van der Waals surface area contributed by atoms with Crippen LogP contribution in [-0.4, -0.2) is 42.0 Å². The molecule has 0 radical (unpaired) electrons. The number of carbonyl (C=O) groups is 1. The van der Waals surface area contributed by atoms with Crippen molar-refractivity contribution in [3.8, 4) is 0 Å². The first-order chi connectivity index (χ1) is 18.7. The summed E-state index contributed by atoms with van der Waals surface area (Å²) in [7, 11) is -4.10. The number of hydrogen-bond donors (Lipinski definition) is 1. The maximum atomic E-state index is 13.8. The highest BCUT2D eigenvalue weighted by molar-refractivity contribution is 7.89. The summed E-state index contributed by atoms with van der Waals surface area (Å²) >= 11 is 0. The topological polar surface area (TPSA) is 78.8 Å². The van der Waals surface area contributed by atoms with Gasteiger partial charge in [0.15, 0.2) is 5.78 Å². The Balaban J connectivity index is 1.21. The maximum Gasteiger partial charge on any atom is 0.416 e. The Morgan fingerprint density at radius 2 is 1.68 bits per heavy atom. The number of alkyl halides is 3. The molecule has 0 spiro atoms. The van der Waals surface area contributed by atoms with Crippen LogP contribution in [0.2, 0.25) is 0 Å². The van der Waals surface area contributed by atoms with E-state index in [1.807, 2.05) is 6.92 Å². The zero-order valence-corrected chi connectivity index (χ0v) is 22.9. The lowest BCUT2D eigenvalue weighted by Crippen LogP contribution is -2.78. The number of ketones is 1. The van der Waals surface area contributed by atoms with Crippen LogP contribution in [0.25, 0.3) is 0 Å². The second-order valence-electron chi connectivity index (χ2n) is 12.2. The van der Waals surface area contributed by atoms with Gasteiger partial charge in [-0.2, -0.15) is 17.5 Å². The van der Waals surface area contributed by atoms with Crippen molar-refractivity contribution in [3.05, 3.63) is 65.5 Å². The first-order valence-electron chi connectivity index (χ1n) is 13.6. The molecule has 1 heterocycles. The molecular weight excluding hydrogens is 546 g/mol. The molecule has 1 aliphatic heterocycles. The SMILES string of the molecule is C[C@]1(C(=O)CCC2CC2)CN=C(C23CC(N(Cc4ccc(C(F)(F)F)cc4)S(=O)(=O)c4ccc(F)cc4)(C2)C3)N1. The van der Waals surface area contributed by atoms with Gasteiger partial charge in [-0.05, 0) is 80.5 Å². The summed E-state index contributed by atoms with van der Waals surface area (Å²) in [5.74, 6) is 0.968. The summed E-state index contributed by atoms with van der Waals surface area (Å²) in [5, 5.41) is 3.38. The molecule has 4 aliphatic carbocycles. The molecule has 0 unspecified atom stereocenters. The van der Waals surface area contributed by atoms with E-state index in [2.05, 4.69) is 5.32 Å². The van der Waals surface area contributed by atoms with Crippen molar-refractivity contribution >= 4 is 21.6 Å². The van der Waals surface area contributed by atoms with Crippen LogP contribution in [0.5, 0.6) is 0 Å². The van der Waals surface area contributed by atoms with Gasteiger partial charge in [-0.1, -0.05) is 25.0 Å². The predicted molar refractivity (Wildman–Crippen MR) is 140 cm³/mol. The van der Waals surface area contributed by atoms with Crippen molar-refractivity contribution < 1.29 is 30.8 Å². The molecule has 40 heavy (non-hydrogen) atoms. The third-order valence-electron chi connectivity index (χ3n) is 9.08. The molecule has 2 bridgehead atoms. The Morgan fingerprint density at radius 3 is 2.25 bits per heavy atom. The highest BCUT2D eigenvalue weighted by Crippen LogP contribution is 2.71. The van der Waals surface area contributed by atoms with E-state index in [0.29, 0.717) is 43.7 Å². The van der Waals surface area contributed by atoms with E-state index in [1.165, 1.54) is 41.4 Å². The van der Waals surface area contributed by atoms with Gasteiger partial charge < -0.3 is 5.32 Å². The molecule has 2 aromatic rings. The minimum Gasteiger partial charge on any atom is -0.360 e. The molecule has 4 saturated carbocycles. The fourth-order valence-corrected chi connectivity index (χ4v) is 8.27. The molecule has 214 valence electrons. The molecule has 7 rings (SSSR count). The van der Waals surface area contributed by atoms with Gasteiger partial charge in [-0.3, -0.25) is 9.79 Å². The standard InChI is InChI=1S/C29H31F4N3O3S/c1-26(24(37)13-6-19-2-3-19)18-34-25(35-26)27-15-28(16-27,17-27)36(40(38,39)23-11-9-22(30)10-12-23)14-20-4-7-21(8-5-20)29(31,32)33/h4-5,7-12,19H,2-3,6,13-18H2,1H3,(H,34,35)/t26-,27?,28?/m1/s1. The van der Waals surface area contributed by atoms with Crippen molar-refractivity contribution in [1.29, 1.82) is 0 Å². The van der Waals surface area contributed by atoms with Gasteiger partial charge in [0.05, 0.1) is 17.0 Å². The zero-order valence-electron chi connectivity index (χ0n) is 22.1. The van der Waals surface area contributed by atoms with Crippen LogP contribution < -0.4 is 5.32 Å². The average molecular weight is 578 g/mol. The number of sulfonamides is 1. The lowest BCUT2D eigenvalue weighted by molar-refractivity contribution is -0.151. The fraction of sp³-hybridized carbons (Fsp3) is 0.517. The molecule has 1 atom stereocenters. The number of nitrogens with one attached hydrogen (secondary N) is 1. The van der Waals surface area contributed by atoms with E-state index in [9.17, 15) is 30.8 Å². The third-order valence-corrected chi connectivity index (χ3v) is 11.0. The summed E-state index contributed by atoms with van der Waals surface area (Å²) in [5.41, 5.74) is -2.25. The van der Waals surface area contributed by atoms with Gasteiger partial charge in [0, 0.05) is 23.9 Å². The van der Waals surface area contributed by atoms with Crippen LogP contribution in [0.4, 0.5) is 17.6 Å². The first kappa shape index (κ1) is 27.4. The van der Waals surface area contributed by atoms with Crippen LogP contribution in [0.3, 0.4) is 0 Å². The average Bonchev–Trinajstić information content (AvgIpc) is 3.60. The molecule has 0 aromatic heterocycles. The molecule has 1 N–H and O–H groups in total.